The quantitative estimate of drug-likeness (QED) is 0.769. The molecule has 22 heavy (non-hydrogen) atoms. The van der Waals surface area contributed by atoms with E-state index in [1.165, 1.54) is 16.9 Å². The molecular formula is C17H17BrN2OS. The van der Waals surface area contributed by atoms with Crippen molar-refractivity contribution in [2.45, 2.75) is 32.4 Å². The zero-order valence-corrected chi connectivity index (χ0v) is 14.7. The number of fused-ring (bicyclic) bond motifs is 3. The number of thiophene rings is 1. The van der Waals surface area contributed by atoms with Gasteiger partial charge < -0.3 is 10.6 Å². The Morgan fingerprint density at radius 3 is 2.91 bits per heavy atom. The average Bonchev–Trinajstić information content (AvgIpc) is 2.85. The molecule has 2 atom stereocenters. The highest BCUT2D eigenvalue weighted by molar-refractivity contribution is 9.10. The van der Waals surface area contributed by atoms with E-state index in [-0.39, 0.29) is 12.1 Å². The van der Waals surface area contributed by atoms with Gasteiger partial charge in [0.25, 0.3) is 5.91 Å². The fourth-order valence-electron chi connectivity index (χ4n) is 3.33. The lowest BCUT2D eigenvalue weighted by Crippen LogP contribution is -2.38. The van der Waals surface area contributed by atoms with Crippen LogP contribution in [-0.2, 0) is 12.8 Å². The van der Waals surface area contributed by atoms with Crippen LogP contribution in [0.15, 0.2) is 28.7 Å². The third-order valence-electron chi connectivity index (χ3n) is 4.51. The zero-order valence-electron chi connectivity index (χ0n) is 12.3. The molecule has 114 valence electrons. The molecule has 0 bridgehead atoms. The third kappa shape index (κ3) is 2.27. The standard InChI is InChI=1S/C17H17BrN2OS/c1-9-6-7-11-13(8-9)22-17-14(11)16(21)19-15(20-17)10-4-2-3-5-12(10)18/h2-5,9,15,20H,6-8H2,1H3,(H,19,21). The normalized spacial score (nSPS) is 23.3. The minimum Gasteiger partial charge on any atom is -0.353 e. The van der Waals surface area contributed by atoms with Crippen LogP contribution in [0, 0.1) is 5.92 Å². The van der Waals surface area contributed by atoms with E-state index in [1.54, 1.807) is 11.3 Å². The van der Waals surface area contributed by atoms with Crippen molar-refractivity contribution in [2.75, 3.05) is 5.32 Å². The van der Waals surface area contributed by atoms with Gasteiger partial charge in [0.15, 0.2) is 0 Å². The largest absolute Gasteiger partial charge is 0.353 e. The average molecular weight is 377 g/mol. The smallest absolute Gasteiger partial charge is 0.256 e. The Morgan fingerprint density at radius 1 is 1.27 bits per heavy atom. The van der Waals surface area contributed by atoms with Crippen LogP contribution in [0.3, 0.4) is 0 Å². The van der Waals surface area contributed by atoms with E-state index in [0.29, 0.717) is 0 Å². The summed E-state index contributed by atoms with van der Waals surface area (Å²) in [5, 5.41) is 7.65. The second-order valence-corrected chi connectivity index (χ2v) is 8.09. The third-order valence-corrected chi connectivity index (χ3v) is 6.41. The maximum Gasteiger partial charge on any atom is 0.256 e. The highest BCUT2D eigenvalue weighted by Gasteiger charge is 2.33. The van der Waals surface area contributed by atoms with Gasteiger partial charge in [-0.05, 0) is 36.8 Å². The van der Waals surface area contributed by atoms with Crippen LogP contribution in [0.2, 0.25) is 0 Å². The summed E-state index contributed by atoms with van der Waals surface area (Å²) in [7, 11) is 0. The van der Waals surface area contributed by atoms with Crippen molar-refractivity contribution in [1.82, 2.24) is 5.32 Å². The summed E-state index contributed by atoms with van der Waals surface area (Å²) in [5.74, 6) is 0.774. The second-order valence-electron chi connectivity index (χ2n) is 6.13. The Kier molecular flexibility index (Phi) is 3.50. The zero-order chi connectivity index (χ0) is 15.3. The van der Waals surface area contributed by atoms with Crippen LogP contribution in [0.5, 0.6) is 0 Å². The molecule has 1 amide bonds. The van der Waals surface area contributed by atoms with Crippen LogP contribution in [0.4, 0.5) is 5.00 Å². The van der Waals surface area contributed by atoms with Gasteiger partial charge in [-0.1, -0.05) is 41.1 Å². The molecule has 2 unspecified atom stereocenters. The van der Waals surface area contributed by atoms with Crippen molar-refractivity contribution >= 4 is 38.2 Å². The number of benzene rings is 1. The first-order chi connectivity index (χ1) is 10.6. The lowest BCUT2D eigenvalue weighted by molar-refractivity contribution is 0.0935. The highest BCUT2D eigenvalue weighted by Crippen LogP contribution is 2.43. The van der Waals surface area contributed by atoms with E-state index in [2.05, 4.69) is 33.5 Å². The van der Waals surface area contributed by atoms with Gasteiger partial charge in [-0.3, -0.25) is 4.79 Å². The number of hydrogen-bond acceptors (Lipinski definition) is 3. The van der Waals surface area contributed by atoms with Gasteiger partial charge in [-0.25, -0.2) is 0 Å². The van der Waals surface area contributed by atoms with Crippen molar-refractivity contribution in [2.24, 2.45) is 5.92 Å². The SMILES string of the molecule is CC1CCc2c(sc3c2C(=O)NC(c2ccccc2Br)N3)C1. The number of anilines is 1. The number of amides is 1. The summed E-state index contributed by atoms with van der Waals surface area (Å²) in [5.41, 5.74) is 3.21. The summed E-state index contributed by atoms with van der Waals surface area (Å²) in [4.78, 5) is 14.0. The minimum atomic E-state index is -0.173. The van der Waals surface area contributed by atoms with Gasteiger partial charge >= 0.3 is 0 Å². The van der Waals surface area contributed by atoms with Gasteiger partial charge in [-0.15, -0.1) is 11.3 Å². The summed E-state index contributed by atoms with van der Waals surface area (Å²) in [6.07, 6.45) is 3.13. The Labute approximate surface area is 142 Å². The van der Waals surface area contributed by atoms with E-state index >= 15 is 0 Å². The summed E-state index contributed by atoms with van der Waals surface area (Å²) in [6.45, 7) is 2.29. The van der Waals surface area contributed by atoms with Gasteiger partial charge in [-0.2, -0.15) is 0 Å². The Bertz CT molecular complexity index is 755. The fraction of sp³-hybridized carbons (Fsp3) is 0.353. The summed E-state index contributed by atoms with van der Waals surface area (Å²) in [6, 6.07) is 8.00. The monoisotopic (exact) mass is 376 g/mol. The summed E-state index contributed by atoms with van der Waals surface area (Å²) < 4.78 is 1.01. The first-order valence-corrected chi connectivity index (χ1v) is 9.21. The molecule has 1 aliphatic heterocycles. The van der Waals surface area contributed by atoms with Crippen LogP contribution in [0.25, 0.3) is 0 Å². The van der Waals surface area contributed by atoms with Crippen molar-refractivity contribution < 1.29 is 4.79 Å². The van der Waals surface area contributed by atoms with E-state index in [4.69, 9.17) is 0 Å². The Balaban J connectivity index is 1.73. The van der Waals surface area contributed by atoms with Crippen LogP contribution in [-0.4, -0.2) is 5.91 Å². The lowest BCUT2D eigenvalue weighted by atomic mass is 9.88. The number of rotatable bonds is 1. The molecule has 1 aromatic carbocycles. The van der Waals surface area contributed by atoms with Crippen molar-refractivity contribution in [3.8, 4) is 0 Å². The minimum absolute atomic E-state index is 0.0570. The molecule has 5 heteroatoms. The molecular weight excluding hydrogens is 360 g/mol. The Morgan fingerprint density at radius 2 is 2.09 bits per heavy atom. The molecule has 0 saturated carbocycles. The van der Waals surface area contributed by atoms with Crippen LogP contribution in [0.1, 0.15) is 45.9 Å². The van der Waals surface area contributed by atoms with Crippen molar-refractivity contribution in [1.29, 1.82) is 0 Å². The van der Waals surface area contributed by atoms with Gasteiger partial charge in [0.2, 0.25) is 0 Å². The summed E-state index contributed by atoms with van der Waals surface area (Å²) >= 11 is 5.33. The molecule has 1 aliphatic carbocycles. The number of carbonyl (C=O) groups is 1. The fourth-order valence-corrected chi connectivity index (χ4v) is 5.28. The van der Waals surface area contributed by atoms with Crippen LogP contribution >= 0.6 is 27.3 Å². The lowest BCUT2D eigenvalue weighted by Gasteiger charge is -2.27. The maximum atomic E-state index is 12.6. The van der Waals surface area contributed by atoms with Crippen molar-refractivity contribution in [3.05, 3.63) is 50.3 Å². The molecule has 0 saturated heterocycles. The molecule has 1 aromatic heterocycles. The molecule has 0 spiro atoms. The van der Waals surface area contributed by atoms with Crippen molar-refractivity contribution in [3.63, 3.8) is 0 Å². The first kappa shape index (κ1) is 14.3. The number of hydrogen-bond donors (Lipinski definition) is 2. The molecule has 0 radical (unpaired) electrons. The molecule has 0 fully saturated rings. The predicted molar refractivity (Wildman–Crippen MR) is 93.5 cm³/mol. The number of nitrogens with one attached hydrogen (secondary N) is 2. The van der Waals surface area contributed by atoms with Gasteiger partial charge in [0.1, 0.15) is 11.2 Å². The molecule has 2 aromatic rings. The Hall–Kier alpha value is -1.33. The number of halogens is 1. The van der Waals surface area contributed by atoms with E-state index in [0.717, 1.165) is 39.4 Å². The maximum absolute atomic E-state index is 12.6. The molecule has 4 rings (SSSR count). The molecule has 3 nitrogen and oxygen atoms in total. The first-order valence-electron chi connectivity index (χ1n) is 7.60. The van der Waals surface area contributed by atoms with E-state index in [9.17, 15) is 4.79 Å². The van der Waals surface area contributed by atoms with Crippen LogP contribution < -0.4 is 10.6 Å². The molecule has 2 heterocycles. The van der Waals surface area contributed by atoms with E-state index < -0.39 is 0 Å². The van der Waals surface area contributed by atoms with Gasteiger partial charge in [0, 0.05) is 14.9 Å². The predicted octanol–water partition coefficient (Wildman–Crippen LogP) is 4.49. The van der Waals surface area contributed by atoms with E-state index in [1.807, 2.05) is 24.3 Å². The second kappa shape index (κ2) is 5.39. The van der Waals surface area contributed by atoms with Gasteiger partial charge in [0.05, 0.1) is 5.56 Å². The molecule has 2 aliphatic rings. The number of carbonyl (C=O) groups excluding carboxylic acids is 1. The molecule has 2 N–H and O–H groups in total. The topological polar surface area (TPSA) is 41.1 Å². The highest BCUT2D eigenvalue weighted by atomic mass is 79.9.